The van der Waals surface area contributed by atoms with E-state index in [4.69, 9.17) is 0 Å². The molecule has 1 heterocycles. The van der Waals surface area contributed by atoms with E-state index >= 15 is 0 Å². The van der Waals surface area contributed by atoms with Crippen LogP contribution >= 0.6 is 0 Å². The Kier molecular flexibility index (Phi) is 5.69. The lowest BCUT2D eigenvalue weighted by molar-refractivity contribution is 0.102. The molecule has 1 N–H and O–H groups in total. The third kappa shape index (κ3) is 3.98. The Balaban J connectivity index is 2.18. The molecule has 0 atom stereocenters. The van der Waals surface area contributed by atoms with Crippen LogP contribution in [-0.2, 0) is 10.0 Å². The number of anilines is 1. The van der Waals surface area contributed by atoms with Crippen LogP contribution < -0.4 is 5.32 Å². The number of aryl methyl sites for hydroxylation is 1. The molecule has 1 aromatic carbocycles. The van der Waals surface area contributed by atoms with E-state index in [1.54, 1.807) is 26.0 Å². The predicted molar refractivity (Wildman–Crippen MR) is 93.5 cm³/mol. The van der Waals surface area contributed by atoms with Gasteiger partial charge in [-0.1, -0.05) is 19.9 Å². The number of nitrogens with one attached hydrogen (secondary N) is 1. The first kappa shape index (κ1) is 18.1. The van der Waals surface area contributed by atoms with Crippen LogP contribution in [0.5, 0.6) is 0 Å². The molecule has 0 aliphatic rings. The number of aromatic nitrogens is 1. The quantitative estimate of drug-likeness (QED) is 0.871. The molecule has 6 nitrogen and oxygen atoms in total. The molecule has 7 heteroatoms. The first-order valence-corrected chi connectivity index (χ1v) is 9.17. The van der Waals surface area contributed by atoms with E-state index in [0.717, 1.165) is 5.69 Å². The molecule has 0 aliphatic heterocycles. The Labute approximate surface area is 142 Å². The highest BCUT2D eigenvalue weighted by Gasteiger charge is 2.21. The van der Waals surface area contributed by atoms with Crippen molar-refractivity contribution in [2.24, 2.45) is 0 Å². The lowest BCUT2D eigenvalue weighted by Gasteiger charge is -2.18. The maximum atomic E-state index is 12.4. The Morgan fingerprint density at radius 2 is 1.71 bits per heavy atom. The largest absolute Gasteiger partial charge is 0.307 e. The fourth-order valence-corrected chi connectivity index (χ4v) is 3.75. The molecule has 128 valence electrons. The minimum Gasteiger partial charge on any atom is -0.307 e. The summed E-state index contributed by atoms with van der Waals surface area (Å²) in [4.78, 5) is 16.6. The third-order valence-electron chi connectivity index (χ3n) is 3.59. The summed E-state index contributed by atoms with van der Waals surface area (Å²) in [5.41, 5.74) is 1.17. The number of carbonyl (C=O) groups is 1. The average Bonchev–Trinajstić information content (AvgIpc) is 2.56. The van der Waals surface area contributed by atoms with E-state index in [1.165, 1.54) is 28.6 Å². The van der Waals surface area contributed by atoms with E-state index in [2.05, 4.69) is 10.3 Å². The average molecular weight is 347 g/mol. The van der Waals surface area contributed by atoms with Gasteiger partial charge >= 0.3 is 0 Å². The van der Waals surface area contributed by atoms with E-state index in [1.807, 2.05) is 13.0 Å². The monoisotopic (exact) mass is 347 g/mol. The maximum absolute atomic E-state index is 12.4. The third-order valence-corrected chi connectivity index (χ3v) is 5.65. The number of benzene rings is 1. The van der Waals surface area contributed by atoms with Crippen molar-refractivity contribution in [3.05, 3.63) is 53.7 Å². The first-order chi connectivity index (χ1) is 11.4. The summed E-state index contributed by atoms with van der Waals surface area (Å²) in [5.74, 6) is 0.125. The minimum atomic E-state index is -3.52. The number of rotatable bonds is 6. The molecule has 0 spiro atoms. The second kappa shape index (κ2) is 7.55. The van der Waals surface area contributed by atoms with Crippen LogP contribution in [0.2, 0.25) is 0 Å². The molecular weight excluding hydrogens is 326 g/mol. The molecule has 0 aliphatic carbocycles. The van der Waals surface area contributed by atoms with Crippen molar-refractivity contribution in [1.82, 2.24) is 9.29 Å². The van der Waals surface area contributed by atoms with Crippen LogP contribution in [0.15, 0.2) is 47.4 Å². The number of nitrogens with zero attached hydrogens (tertiary/aromatic N) is 2. The standard InChI is InChI=1S/C17H21N3O3S/c1-4-20(5-2)24(22,23)15-11-9-14(10-12-15)17(21)19-16-8-6-7-13(3)18-16/h6-12H,4-5H2,1-3H3,(H,18,19,21). The van der Waals surface area contributed by atoms with E-state index in [0.29, 0.717) is 24.5 Å². The zero-order valence-electron chi connectivity index (χ0n) is 14.0. The molecule has 1 amide bonds. The molecular formula is C17H21N3O3S. The summed E-state index contributed by atoms with van der Waals surface area (Å²) >= 11 is 0. The SMILES string of the molecule is CCN(CC)S(=O)(=O)c1ccc(C(=O)Nc2cccc(C)n2)cc1. The van der Waals surface area contributed by atoms with Gasteiger partial charge in [0, 0.05) is 24.3 Å². The highest BCUT2D eigenvalue weighted by atomic mass is 32.2. The molecule has 0 bridgehead atoms. The van der Waals surface area contributed by atoms with Crippen LogP contribution in [0.1, 0.15) is 29.9 Å². The summed E-state index contributed by atoms with van der Waals surface area (Å²) in [6.07, 6.45) is 0. The van der Waals surface area contributed by atoms with Crippen LogP contribution in [0.25, 0.3) is 0 Å². The maximum Gasteiger partial charge on any atom is 0.256 e. The van der Waals surface area contributed by atoms with Crippen LogP contribution in [0.3, 0.4) is 0 Å². The molecule has 0 saturated carbocycles. The number of amides is 1. The molecule has 0 unspecified atom stereocenters. The van der Waals surface area contributed by atoms with Crippen molar-refractivity contribution in [2.45, 2.75) is 25.7 Å². The van der Waals surface area contributed by atoms with Crippen molar-refractivity contribution in [3.63, 3.8) is 0 Å². The van der Waals surface area contributed by atoms with E-state index in [-0.39, 0.29) is 10.8 Å². The Morgan fingerprint density at radius 3 is 2.25 bits per heavy atom. The van der Waals surface area contributed by atoms with Gasteiger partial charge in [-0.15, -0.1) is 0 Å². The minimum absolute atomic E-state index is 0.177. The van der Waals surface area contributed by atoms with Gasteiger partial charge in [0.2, 0.25) is 10.0 Å². The highest BCUT2D eigenvalue weighted by Crippen LogP contribution is 2.17. The van der Waals surface area contributed by atoms with Crippen molar-refractivity contribution in [3.8, 4) is 0 Å². The van der Waals surface area contributed by atoms with Gasteiger partial charge in [-0.05, 0) is 43.3 Å². The highest BCUT2D eigenvalue weighted by molar-refractivity contribution is 7.89. The van der Waals surface area contributed by atoms with Gasteiger partial charge in [0.1, 0.15) is 5.82 Å². The van der Waals surface area contributed by atoms with Gasteiger partial charge in [0.15, 0.2) is 0 Å². The molecule has 0 fully saturated rings. The topological polar surface area (TPSA) is 79.4 Å². The number of hydrogen-bond acceptors (Lipinski definition) is 4. The fourth-order valence-electron chi connectivity index (χ4n) is 2.29. The first-order valence-electron chi connectivity index (χ1n) is 7.73. The van der Waals surface area contributed by atoms with E-state index in [9.17, 15) is 13.2 Å². The second-order valence-electron chi connectivity index (χ2n) is 5.23. The zero-order valence-corrected chi connectivity index (χ0v) is 14.8. The normalized spacial score (nSPS) is 11.5. The van der Waals surface area contributed by atoms with Crippen LogP contribution in [-0.4, -0.2) is 36.7 Å². The van der Waals surface area contributed by atoms with Gasteiger partial charge in [0.25, 0.3) is 5.91 Å². The van der Waals surface area contributed by atoms with Crippen LogP contribution in [0.4, 0.5) is 5.82 Å². The summed E-state index contributed by atoms with van der Waals surface area (Å²) in [6.45, 7) is 6.22. The van der Waals surface area contributed by atoms with Crippen molar-refractivity contribution < 1.29 is 13.2 Å². The fraction of sp³-hybridized carbons (Fsp3) is 0.294. The van der Waals surface area contributed by atoms with Crippen LogP contribution in [0, 0.1) is 6.92 Å². The number of hydrogen-bond donors (Lipinski definition) is 1. The molecule has 2 rings (SSSR count). The molecule has 0 saturated heterocycles. The molecule has 24 heavy (non-hydrogen) atoms. The number of pyridine rings is 1. The Hall–Kier alpha value is -2.25. The smallest absolute Gasteiger partial charge is 0.256 e. The predicted octanol–water partition coefficient (Wildman–Crippen LogP) is 2.67. The number of sulfonamides is 1. The van der Waals surface area contributed by atoms with E-state index < -0.39 is 10.0 Å². The van der Waals surface area contributed by atoms with Crippen molar-refractivity contribution >= 4 is 21.7 Å². The second-order valence-corrected chi connectivity index (χ2v) is 7.17. The van der Waals surface area contributed by atoms with Gasteiger partial charge in [-0.2, -0.15) is 4.31 Å². The van der Waals surface area contributed by atoms with Gasteiger partial charge < -0.3 is 5.32 Å². The van der Waals surface area contributed by atoms with Crippen molar-refractivity contribution in [2.75, 3.05) is 18.4 Å². The Morgan fingerprint density at radius 1 is 1.08 bits per heavy atom. The lowest BCUT2D eigenvalue weighted by Crippen LogP contribution is -2.30. The summed E-state index contributed by atoms with van der Waals surface area (Å²) < 4.78 is 26.2. The summed E-state index contributed by atoms with van der Waals surface area (Å²) in [5, 5.41) is 2.69. The van der Waals surface area contributed by atoms with Gasteiger partial charge in [-0.25, -0.2) is 13.4 Å². The zero-order chi connectivity index (χ0) is 17.7. The molecule has 1 aromatic heterocycles. The molecule has 2 aromatic rings. The lowest BCUT2D eigenvalue weighted by atomic mass is 10.2. The van der Waals surface area contributed by atoms with Crippen molar-refractivity contribution in [1.29, 1.82) is 0 Å². The summed E-state index contributed by atoms with van der Waals surface area (Å²) in [6, 6.07) is 11.2. The molecule has 0 radical (unpaired) electrons. The van der Waals surface area contributed by atoms with Gasteiger partial charge in [0.05, 0.1) is 4.90 Å². The Bertz CT molecular complexity index is 813. The summed E-state index contributed by atoms with van der Waals surface area (Å²) in [7, 11) is -3.52. The number of carbonyl (C=O) groups excluding carboxylic acids is 1. The van der Waals surface area contributed by atoms with Gasteiger partial charge in [-0.3, -0.25) is 4.79 Å².